The maximum atomic E-state index is 13.1. The molecule has 1 N–H and O–H groups in total. The molecule has 31 heavy (non-hydrogen) atoms. The van der Waals surface area contributed by atoms with Gasteiger partial charge in [0.2, 0.25) is 0 Å². The maximum absolute atomic E-state index is 13.1. The minimum Gasteiger partial charge on any atom is -0.507 e. The number of para-hydroxylation sites is 1. The summed E-state index contributed by atoms with van der Waals surface area (Å²) in [7, 11) is 1.49. The van der Waals surface area contributed by atoms with E-state index in [1.807, 2.05) is 37.3 Å². The molecule has 6 heteroatoms. The van der Waals surface area contributed by atoms with Gasteiger partial charge in [0.15, 0.2) is 0 Å². The molecule has 0 aliphatic carbocycles. The fourth-order valence-corrected chi connectivity index (χ4v) is 4.07. The molecule has 0 aromatic heterocycles. The minimum absolute atomic E-state index is 0.0145. The summed E-state index contributed by atoms with van der Waals surface area (Å²) in [6, 6.07) is 20.4. The second kappa shape index (κ2) is 8.28. The van der Waals surface area contributed by atoms with Crippen molar-refractivity contribution in [2.24, 2.45) is 0 Å². The van der Waals surface area contributed by atoms with Gasteiger partial charge in [0.05, 0.1) is 23.7 Å². The van der Waals surface area contributed by atoms with Crippen molar-refractivity contribution in [1.29, 1.82) is 0 Å². The number of rotatable bonds is 4. The van der Waals surface area contributed by atoms with Crippen LogP contribution in [0.3, 0.4) is 0 Å². The van der Waals surface area contributed by atoms with Crippen molar-refractivity contribution in [2.75, 3.05) is 12.0 Å². The second-order valence-electron chi connectivity index (χ2n) is 7.27. The molecule has 1 aliphatic rings. The molecule has 1 aliphatic heterocycles. The number of amides is 1. The number of ketones is 1. The Morgan fingerprint density at radius 2 is 1.74 bits per heavy atom. The highest BCUT2D eigenvalue weighted by atomic mass is 35.5. The summed E-state index contributed by atoms with van der Waals surface area (Å²) < 4.78 is 5.16. The standard InChI is InChI=1S/C25H20ClNO4/c1-15-7-6-8-16(13-15)22-21(23(28)17-11-12-20(31-2)19(26)14-17)24(29)25(30)27(22)18-9-4-3-5-10-18/h3-14,22,28H,1-2H3/b23-21-. The number of aliphatic hydroxyl groups excluding tert-OH is 1. The van der Waals surface area contributed by atoms with Crippen LogP contribution in [0.4, 0.5) is 5.69 Å². The molecule has 156 valence electrons. The number of carbonyl (C=O) groups excluding carboxylic acids is 2. The molecule has 0 spiro atoms. The monoisotopic (exact) mass is 433 g/mol. The van der Waals surface area contributed by atoms with Crippen molar-refractivity contribution in [3.05, 3.63) is 100 Å². The highest BCUT2D eigenvalue weighted by Crippen LogP contribution is 2.42. The van der Waals surface area contributed by atoms with Crippen molar-refractivity contribution in [3.8, 4) is 5.75 Å². The zero-order valence-corrected chi connectivity index (χ0v) is 17.8. The molecule has 0 saturated carbocycles. The van der Waals surface area contributed by atoms with Crippen LogP contribution in [-0.2, 0) is 9.59 Å². The van der Waals surface area contributed by atoms with Crippen LogP contribution in [0.1, 0.15) is 22.7 Å². The lowest BCUT2D eigenvalue weighted by Crippen LogP contribution is -2.29. The quantitative estimate of drug-likeness (QED) is 0.345. The third-order valence-corrected chi connectivity index (χ3v) is 5.56. The van der Waals surface area contributed by atoms with Gasteiger partial charge >= 0.3 is 0 Å². The first kappa shape index (κ1) is 20.7. The number of Topliss-reactive ketones (excluding diaryl/α,β-unsaturated/α-hetero) is 1. The van der Waals surface area contributed by atoms with Gasteiger partial charge in [0.25, 0.3) is 11.7 Å². The number of anilines is 1. The van der Waals surface area contributed by atoms with Gasteiger partial charge in [-0.15, -0.1) is 0 Å². The van der Waals surface area contributed by atoms with E-state index in [1.165, 1.54) is 18.1 Å². The Hall–Kier alpha value is -3.57. The van der Waals surface area contributed by atoms with Crippen LogP contribution in [0.5, 0.6) is 5.75 Å². The summed E-state index contributed by atoms with van der Waals surface area (Å²) in [6.45, 7) is 1.93. The Balaban J connectivity index is 1.94. The summed E-state index contributed by atoms with van der Waals surface area (Å²) in [4.78, 5) is 27.6. The molecule has 0 radical (unpaired) electrons. The van der Waals surface area contributed by atoms with Gasteiger partial charge < -0.3 is 9.84 Å². The highest BCUT2D eigenvalue weighted by molar-refractivity contribution is 6.51. The second-order valence-corrected chi connectivity index (χ2v) is 7.68. The molecule has 0 bridgehead atoms. The van der Waals surface area contributed by atoms with Crippen molar-refractivity contribution in [3.63, 3.8) is 0 Å². The normalized spacial score (nSPS) is 17.8. The van der Waals surface area contributed by atoms with E-state index in [4.69, 9.17) is 16.3 Å². The van der Waals surface area contributed by atoms with E-state index in [0.29, 0.717) is 17.0 Å². The number of carbonyl (C=O) groups is 2. The number of aliphatic hydroxyl groups is 1. The Morgan fingerprint density at radius 3 is 2.39 bits per heavy atom. The van der Waals surface area contributed by atoms with Crippen LogP contribution in [0.25, 0.3) is 5.76 Å². The van der Waals surface area contributed by atoms with E-state index >= 15 is 0 Å². The summed E-state index contributed by atoms with van der Waals surface area (Å²) in [5, 5.41) is 11.4. The number of ether oxygens (including phenoxy) is 1. The molecular formula is C25H20ClNO4. The molecule has 3 aromatic rings. The number of benzene rings is 3. The Bertz CT molecular complexity index is 1200. The lowest BCUT2D eigenvalue weighted by Gasteiger charge is -2.25. The smallest absolute Gasteiger partial charge is 0.300 e. The molecule has 1 fully saturated rings. The Labute approximate surface area is 185 Å². The molecule has 1 amide bonds. The van der Waals surface area contributed by atoms with Crippen LogP contribution < -0.4 is 9.64 Å². The van der Waals surface area contributed by atoms with Gasteiger partial charge in [0, 0.05) is 11.3 Å². The van der Waals surface area contributed by atoms with Gasteiger partial charge in [-0.3, -0.25) is 14.5 Å². The van der Waals surface area contributed by atoms with Crippen LogP contribution in [0.15, 0.2) is 78.4 Å². The van der Waals surface area contributed by atoms with Gasteiger partial charge in [-0.05, 0) is 42.8 Å². The summed E-state index contributed by atoms with van der Waals surface area (Å²) >= 11 is 6.22. The average molecular weight is 434 g/mol. The van der Waals surface area contributed by atoms with Gasteiger partial charge in [-0.1, -0.05) is 59.6 Å². The largest absolute Gasteiger partial charge is 0.507 e. The number of hydrogen-bond acceptors (Lipinski definition) is 4. The van der Waals surface area contributed by atoms with E-state index in [2.05, 4.69) is 0 Å². The molecule has 5 nitrogen and oxygen atoms in total. The average Bonchev–Trinajstić information content (AvgIpc) is 3.04. The molecule has 1 saturated heterocycles. The van der Waals surface area contributed by atoms with E-state index in [0.717, 1.165) is 11.1 Å². The number of aryl methyl sites for hydroxylation is 1. The summed E-state index contributed by atoms with van der Waals surface area (Å²) in [5.41, 5.74) is 2.62. The Kier molecular flexibility index (Phi) is 5.53. The van der Waals surface area contributed by atoms with E-state index in [1.54, 1.807) is 36.4 Å². The third kappa shape index (κ3) is 3.68. The van der Waals surface area contributed by atoms with E-state index < -0.39 is 17.7 Å². The van der Waals surface area contributed by atoms with Crippen LogP contribution >= 0.6 is 11.6 Å². The first-order valence-electron chi connectivity index (χ1n) is 9.69. The first-order valence-corrected chi connectivity index (χ1v) is 10.1. The van der Waals surface area contributed by atoms with E-state index in [9.17, 15) is 14.7 Å². The lowest BCUT2D eigenvalue weighted by molar-refractivity contribution is -0.132. The van der Waals surface area contributed by atoms with Crippen LogP contribution in [0.2, 0.25) is 5.02 Å². The van der Waals surface area contributed by atoms with Crippen molar-refractivity contribution in [1.82, 2.24) is 0 Å². The molecule has 1 atom stereocenters. The number of hydrogen-bond donors (Lipinski definition) is 1. The predicted octanol–water partition coefficient (Wildman–Crippen LogP) is 5.28. The van der Waals surface area contributed by atoms with Crippen molar-refractivity contribution in [2.45, 2.75) is 13.0 Å². The fraction of sp³-hybridized carbons (Fsp3) is 0.120. The number of halogens is 1. The minimum atomic E-state index is -0.775. The topological polar surface area (TPSA) is 66.8 Å². The highest BCUT2D eigenvalue weighted by Gasteiger charge is 2.46. The number of nitrogens with zero attached hydrogens (tertiary/aromatic N) is 1. The molecule has 3 aromatic carbocycles. The predicted molar refractivity (Wildman–Crippen MR) is 120 cm³/mol. The van der Waals surface area contributed by atoms with Gasteiger partial charge in [-0.2, -0.15) is 0 Å². The van der Waals surface area contributed by atoms with Crippen molar-refractivity contribution >= 4 is 34.7 Å². The zero-order valence-electron chi connectivity index (χ0n) is 17.0. The SMILES string of the molecule is COc1ccc(/C(O)=C2/C(=O)C(=O)N(c3ccccc3)C2c2cccc(C)c2)cc1Cl. The summed E-state index contributed by atoms with van der Waals surface area (Å²) in [5.74, 6) is -1.29. The number of methoxy groups -OCH3 is 1. The van der Waals surface area contributed by atoms with Crippen LogP contribution in [-0.4, -0.2) is 23.9 Å². The van der Waals surface area contributed by atoms with Gasteiger partial charge in [0.1, 0.15) is 11.5 Å². The first-order chi connectivity index (χ1) is 14.9. The fourth-order valence-electron chi connectivity index (χ4n) is 3.81. The van der Waals surface area contributed by atoms with Crippen LogP contribution in [0, 0.1) is 6.92 Å². The lowest BCUT2D eigenvalue weighted by atomic mass is 9.94. The summed E-state index contributed by atoms with van der Waals surface area (Å²) in [6.07, 6.45) is 0. The van der Waals surface area contributed by atoms with Gasteiger partial charge in [-0.25, -0.2) is 0 Å². The molecule has 1 unspecified atom stereocenters. The molecular weight excluding hydrogens is 414 g/mol. The molecule has 1 heterocycles. The van der Waals surface area contributed by atoms with Crippen molar-refractivity contribution < 1.29 is 19.4 Å². The maximum Gasteiger partial charge on any atom is 0.300 e. The molecule has 4 rings (SSSR count). The van der Waals surface area contributed by atoms with E-state index in [-0.39, 0.29) is 16.4 Å². The zero-order chi connectivity index (χ0) is 22.1. The Morgan fingerprint density at radius 1 is 1.00 bits per heavy atom. The third-order valence-electron chi connectivity index (χ3n) is 5.26.